The number of ether oxygens (including phenoxy) is 2. The molecule has 2 aliphatic heterocycles. The lowest BCUT2D eigenvalue weighted by Gasteiger charge is -2.47. The normalized spacial score (nSPS) is 22.0. The van der Waals surface area contributed by atoms with E-state index in [9.17, 15) is 19.7 Å². The van der Waals surface area contributed by atoms with Gasteiger partial charge >= 0.3 is 11.9 Å². The summed E-state index contributed by atoms with van der Waals surface area (Å²) in [4.78, 5) is 43.0. The van der Waals surface area contributed by atoms with Crippen LogP contribution in [0.5, 0.6) is 0 Å². The maximum Gasteiger partial charge on any atom is 0.336 e. The highest BCUT2D eigenvalue weighted by Gasteiger charge is 2.53. The Bertz CT molecular complexity index is 1570. The average molecular weight is 613 g/mol. The van der Waals surface area contributed by atoms with Crippen LogP contribution in [0.4, 0.5) is 11.4 Å². The molecule has 0 amide bonds. The zero-order chi connectivity index (χ0) is 32.1. The minimum atomic E-state index is -1.02. The minimum Gasteiger partial charge on any atom is -0.466 e. The first-order chi connectivity index (χ1) is 21.7. The number of carbonyl (C=O) groups is 2. The maximum atomic E-state index is 13.8. The summed E-state index contributed by atoms with van der Waals surface area (Å²) in [6, 6.07) is 24.7. The minimum absolute atomic E-state index is 0.134. The molecular formula is C35H40N4O6. The first-order valence-electron chi connectivity index (χ1n) is 15.3. The van der Waals surface area contributed by atoms with Crippen LogP contribution in [0.25, 0.3) is 0 Å². The van der Waals surface area contributed by atoms with Crippen molar-refractivity contribution in [2.24, 2.45) is 5.92 Å². The van der Waals surface area contributed by atoms with Gasteiger partial charge in [-0.25, -0.2) is 4.79 Å². The highest BCUT2D eigenvalue weighted by molar-refractivity contribution is 5.93. The second-order valence-electron chi connectivity index (χ2n) is 11.7. The molecule has 3 aromatic carbocycles. The Labute approximate surface area is 263 Å². The average Bonchev–Trinajstić information content (AvgIpc) is 3.05. The summed E-state index contributed by atoms with van der Waals surface area (Å²) < 4.78 is 10.7. The van der Waals surface area contributed by atoms with Gasteiger partial charge < -0.3 is 19.7 Å². The number of nitrogens with one attached hydrogen (secondary N) is 1. The monoisotopic (exact) mass is 612 g/mol. The molecule has 10 heteroatoms. The Balaban J connectivity index is 1.47. The van der Waals surface area contributed by atoms with E-state index in [4.69, 9.17) is 9.47 Å². The lowest BCUT2D eigenvalue weighted by Crippen LogP contribution is -2.55. The zero-order valence-electron chi connectivity index (χ0n) is 26.2. The van der Waals surface area contributed by atoms with E-state index in [1.54, 1.807) is 26.0 Å². The maximum absolute atomic E-state index is 13.8. The lowest BCUT2D eigenvalue weighted by molar-refractivity contribution is -0.384. The number of non-ortho nitro benzene ring substituents is 1. The number of nitro groups is 1. The molecule has 0 radical (unpaired) electrons. The highest BCUT2D eigenvalue weighted by atomic mass is 16.6. The van der Waals surface area contributed by atoms with Crippen molar-refractivity contribution >= 4 is 23.3 Å². The van der Waals surface area contributed by atoms with Crippen LogP contribution in [-0.4, -0.2) is 61.7 Å². The number of piperazine rings is 1. The van der Waals surface area contributed by atoms with Crippen LogP contribution < -0.4 is 10.2 Å². The number of carbonyl (C=O) groups excluding carboxylic acids is 2. The number of rotatable bonds is 9. The number of allylic oxidation sites excluding steroid dienone is 1. The summed E-state index contributed by atoms with van der Waals surface area (Å²) in [5.74, 6) is -2.93. The number of hydrogen-bond donors (Lipinski definition) is 1. The molecule has 0 aliphatic carbocycles. The van der Waals surface area contributed by atoms with Gasteiger partial charge in [0.15, 0.2) is 0 Å². The topological polar surface area (TPSA) is 114 Å². The summed E-state index contributed by atoms with van der Waals surface area (Å²) in [6.45, 7) is 10.2. The molecule has 2 heterocycles. The number of esters is 2. The largest absolute Gasteiger partial charge is 0.466 e. The molecule has 2 aliphatic rings. The third-order valence-corrected chi connectivity index (χ3v) is 8.96. The van der Waals surface area contributed by atoms with Gasteiger partial charge in [-0.3, -0.25) is 19.8 Å². The molecule has 0 saturated carbocycles. The molecule has 3 unspecified atom stereocenters. The number of hydrogen-bond acceptors (Lipinski definition) is 9. The van der Waals surface area contributed by atoms with Gasteiger partial charge in [-0.1, -0.05) is 54.6 Å². The van der Waals surface area contributed by atoms with Crippen molar-refractivity contribution in [3.63, 3.8) is 0 Å². The third-order valence-electron chi connectivity index (χ3n) is 8.96. The summed E-state index contributed by atoms with van der Waals surface area (Å²) in [6.07, 6.45) is 0. The SMILES string of the molecule is CCOC(=O)C1C(c2cccc([N+](=O)[O-])c2)C(C(=O)OC)=C(C)NC1(C)c1ccc(N2CCN(Cc3ccccc3)CC2)cc1. The Morgan fingerprint density at radius 3 is 2.31 bits per heavy atom. The molecule has 45 heavy (non-hydrogen) atoms. The molecular weight excluding hydrogens is 572 g/mol. The Morgan fingerprint density at radius 1 is 1.00 bits per heavy atom. The van der Waals surface area contributed by atoms with Crippen molar-refractivity contribution in [3.8, 4) is 0 Å². The molecule has 1 fully saturated rings. The molecule has 1 N–H and O–H groups in total. The van der Waals surface area contributed by atoms with Gasteiger partial charge in [0.05, 0.1) is 35.7 Å². The van der Waals surface area contributed by atoms with Crippen LogP contribution in [0, 0.1) is 16.0 Å². The molecule has 0 spiro atoms. The van der Waals surface area contributed by atoms with Gasteiger partial charge in [0.2, 0.25) is 0 Å². The second-order valence-corrected chi connectivity index (χ2v) is 11.7. The van der Waals surface area contributed by atoms with E-state index in [0.29, 0.717) is 11.3 Å². The van der Waals surface area contributed by atoms with E-state index < -0.39 is 34.2 Å². The van der Waals surface area contributed by atoms with Crippen molar-refractivity contribution in [2.45, 2.75) is 38.8 Å². The van der Waals surface area contributed by atoms with Crippen molar-refractivity contribution in [1.29, 1.82) is 0 Å². The molecule has 5 rings (SSSR count). The van der Waals surface area contributed by atoms with Crippen LogP contribution in [0.3, 0.4) is 0 Å². The van der Waals surface area contributed by atoms with Crippen molar-refractivity contribution in [2.75, 3.05) is 44.8 Å². The molecule has 3 atom stereocenters. The van der Waals surface area contributed by atoms with E-state index in [1.165, 1.54) is 24.8 Å². The number of benzene rings is 3. The smallest absolute Gasteiger partial charge is 0.336 e. The van der Waals surface area contributed by atoms with Crippen LogP contribution in [-0.2, 0) is 31.1 Å². The Kier molecular flexibility index (Phi) is 9.53. The number of nitrogens with zero attached hydrogens (tertiary/aromatic N) is 3. The summed E-state index contributed by atoms with van der Waals surface area (Å²) in [5, 5.41) is 15.1. The predicted octanol–water partition coefficient (Wildman–Crippen LogP) is 5.15. The third kappa shape index (κ3) is 6.56. The molecule has 3 aromatic rings. The molecule has 0 aromatic heterocycles. The van der Waals surface area contributed by atoms with E-state index in [1.807, 2.05) is 25.1 Å². The highest BCUT2D eigenvalue weighted by Crippen LogP contribution is 2.49. The van der Waals surface area contributed by atoms with E-state index in [2.05, 4.69) is 51.5 Å². The molecule has 1 saturated heterocycles. The Morgan fingerprint density at radius 2 is 1.69 bits per heavy atom. The summed E-state index contributed by atoms with van der Waals surface area (Å²) in [7, 11) is 1.28. The second kappa shape index (κ2) is 13.5. The fraction of sp³-hybridized carbons (Fsp3) is 0.371. The van der Waals surface area contributed by atoms with Crippen LogP contribution in [0.15, 0.2) is 90.1 Å². The van der Waals surface area contributed by atoms with E-state index in [0.717, 1.165) is 44.0 Å². The van der Waals surface area contributed by atoms with Crippen LogP contribution in [0.2, 0.25) is 0 Å². The van der Waals surface area contributed by atoms with Gasteiger partial charge in [-0.15, -0.1) is 0 Å². The zero-order valence-corrected chi connectivity index (χ0v) is 26.2. The summed E-state index contributed by atoms with van der Waals surface area (Å²) in [5.41, 5.74) is 3.29. The first-order valence-corrected chi connectivity index (χ1v) is 15.3. The fourth-order valence-corrected chi connectivity index (χ4v) is 6.73. The lowest BCUT2D eigenvalue weighted by atomic mass is 9.65. The van der Waals surface area contributed by atoms with Crippen LogP contribution >= 0.6 is 0 Å². The summed E-state index contributed by atoms with van der Waals surface area (Å²) >= 11 is 0. The van der Waals surface area contributed by atoms with Crippen LogP contribution in [0.1, 0.15) is 43.4 Å². The standard InChI is InChI=1S/C35H40N4O6/c1-5-45-34(41)32-31(26-12-9-13-29(22-26)39(42)43)30(33(40)44-4)24(2)36-35(32,3)27-14-16-28(17-15-27)38-20-18-37(19-21-38)23-25-10-7-6-8-11-25/h6-17,22,31-32,36H,5,18-21,23H2,1-4H3. The molecule has 0 bridgehead atoms. The van der Waals surface area contributed by atoms with E-state index in [-0.39, 0.29) is 17.9 Å². The van der Waals surface area contributed by atoms with Crippen molar-refractivity contribution in [3.05, 3.63) is 117 Å². The molecule has 10 nitrogen and oxygen atoms in total. The van der Waals surface area contributed by atoms with Gasteiger partial charge in [-0.2, -0.15) is 0 Å². The van der Waals surface area contributed by atoms with Crippen molar-refractivity contribution in [1.82, 2.24) is 10.2 Å². The quantitative estimate of drug-likeness (QED) is 0.199. The van der Waals surface area contributed by atoms with Gasteiger partial charge in [-0.05, 0) is 49.6 Å². The number of methoxy groups -OCH3 is 1. The Hall–Kier alpha value is -4.70. The predicted molar refractivity (Wildman–Crippen MR) is 172 cm³/mol. The van der Waals surface area contributed by atoms with Gasteiger partial charge in [0.25, 0.3) is 5.69 Å². The number of anilines is 1. The first kappa shape index (κ1) is 31.7. The fourth-order valence-electron chi connectivity index (χ4n) is 6.73. The number of nitro benzene ring substituents is 1. The van der Waals surface area contributed by atoms with Crippen molar-refractivity contribution < 1.29 is 24.0 Å². The molecule has 236 valence electrons. The van der Waals surface area contributed by atoms with Gasteiger partial charge in [0.1, 0.15) is 0 Å². The van der Waals surface area contributed by atoms with E-state index >= 15 is 0 Å². The van der Waals surface area contributed by atoms with Gasteiger partial charge in [0, 0.05) is 62.2 Å².